The van der Waals surface area contributed by atoms with Crippen LogP contribution in [0.25, 0.3) is 0 Å². The number of nitrogens with one attached hydrogen (secondary N) is 2. The van der Waals surface area contributed by atoms with Crippen molar-refractivity contribution in [3.63, 3.8) is 0 Å². The molecular weight excluding hydrogens is 280 g/mol. The molecule has 1 saturated carbocycles. The van der Waals surface area contributed by atoms with Crippen LogP contribution in [0, 0.1) is 5.92 Å². The molecule has 1 saturated heterocycles. The molecule has 1 atom stereocenters. The molecule has 2 fully saturated rings. The smallest absolute Gasteiger partial charge is 0.271 e. The average molecular weight is 304 g/mol. The molecule has 0 aromatic carbocycles. The van der Waals surface area contributed by atoms with Crippen molar-refractivity contribution in [2.24, 2.45) is 5.92 Å². The molecule has 2 aliphatic rings. The maximum Gasteiger partial charge on any atom is 0.271 e. The summed E-state index contributed by atoms with van der Waals surface area (Å²) in [6, 6.07) is 1.82. The minimum atomic E-state index is -0.309. The van der Waals surface area contributed by atoms with E-state index in [0.717, 1.165) is 25.0 Å². The second-order valence-electron chi connectivity index (χ2n) is 7.16. The largest absolute Gasteiger partial charge is 0.349 e. The minimum Gasteiger partial charge on any atom is -0.349 e. The highest BCUT2D eigenvalue weighted by Crippen LogP contribution is 2.31. The van der Waals surface area contributed by atoms with Gasteiger partial charge in [0.05, 0.1) is 11.2 Å². The van der Waals surface area contributed by atoms with Gasteiger partial charge >= 0.3 is 0 Å². The summed E-state index contributed by atoms with van der Waals surface area (Å²) in [4.78, 5) is 26.3. The predicted molar refractivity (Wildman–Crippen MR) is 82.5 cm³/mol. The third-order valence-corrected chi connectivity index (χ3v) is 4.55. The van der Waals surface area contributed by atoms with Gasteiger partial charge in [0.2, 0.25) is 5.91 Å². The van der Waals surface area contributed by atoms with Crippen molar-refractivity contribution < 1.29 is 9.59 Å². The molecule has 2 heterocycles. The normalized spacial score (nSPS) is 24.8. The van der Waals surface area contributed by atoms with Gasteiger partial charge in [-0.25, -0.2) is 0 Å². The Morgan fingerprint density at radius 2 is 2.18 bits per heavy atom. The van der Waals surface area contributed by atoms with E-state index in [1.165, 1.54) is 0 Å². The molecular formula is C16H24N4O2. The zero-order chi connectivity index (χ0) is 15.9. The van der Waals surface area contributed by atoms with E-state index in [1.807, 2.05) is 26.8 Å². The molecule has 2 N–H and O–H groups in total. The molecule has 6 heteroatoms. The van der Waals surface area contributed by atoms with Crippen LogP contribution in [0.2, 0.25) is 0 Å². The van der Waals surface area contributed by atoms with Gasteiger partial charge in [0.25, 0.3) is 5.91 Å². The molecule has 1 aliphatic heterocycles. The predicted octanol–water partition coefficient (Wildman–Crippen LogP) is 1.66. The Morgan fingerprint density at radius 1 is 1.45 bits per heavy atom. The van der Waals surface area contributed by atoms with E-state index in [0.29, 0.717) is 24.7 Å². The van der Waals surface area contributed by atoms with Crippen molar-refractivity contribution in [1.29, 1.82) is 0 Å². The molecule has 0 spiro atoms. The number of rotatable bonds is 4. The van der Waals surface area contributed by atoms with Crippen LogP contribution in [-0.2, 0) is 4.79 Å². The third-order valence-electron chi connectivity index (χ3n) is 4.55. The Labute approximate surface area is 130 Å². The average Bonchev–Trinajstić information content (AvgIpc) is 3.07. The Balaban J connectivity index is 1.63. The van der Waals surface area contributed by atoms with E-state index in [1.54, 1.807) is 4.90 Å². The first kappa shape index (κ1) is 15.1. The van der Waals surface area contributed by atoms with E-state index in [4.69, 9.17) is 0 Å². The summed E-state index contributed by atoms with van der Waals surface area (Å²) in [7, 11) is 0. The molecule has 0 bridgehead atoms. The highest BCUT2D eigenvalue weighted by atomic mass is 16.2. The van der Waals surface area contributed by atoms with E-state index in [-0.39, 0.29) is 23.3 Å². The van der Waals surface area contributed by atoms with Crippen LogP contribution >= 0.6 is 0 Å². The van der Waals surface area contributed by atoms with Crippen molar-refractivity contribution >= 4 is 11.8 Å². The Hall–Kier alpha value is -1.85. The monoisotopic (exact) mass is 304 g/mol. The zero-order valence-electron chi connectivity index (χ0n) is 13.5. The molecule has 1 aromatic rings. The van der Waals surface area contributed by atoms with Gasteiger partial charge in [-0.2, -0.15) is 5.10 Å². The topological polar surface area (TPSA) is 78.1 Å². The van der Waals surface area contributed by atoms with Crippen LogP contribution in [0.5, 0.6) is 0 Å². The fourth-order valence-electron chi connectivity index (χ4n) is 2.89. The number of carbonyl (C=O) groups is 2. The number of nitrogens with zero attached hydrogens (tertiary/aromatic N) is 2. The molecule has 2 amide bonds. The summed E-state index contributed by atoms with van der Waals surface area (Å²) in [5, 5.41) is 10.1. The molecule has 3 rings (SSSR count). The van der Waals surface area contributed by atoms with E-state index in [9.17, 15) is 9.59 Å². The lowest BCUT2D eigenvalue weighted by atomic mass is 10.0. The van der Waals surface area contributed by atoms with E-state index < -0.39 is 0 Å². The third kappa shape index (κ3) is 3.00. The number of amides is 2. The van der Waals surface area contributed by atoms with Crippen molar-refractivity contribution in [2.45, 2.75) is 51.5 Å². The van der Waals surface area contributed by atoms with Crippen LogP contribution in [0.15, 0.2) is 6.07 Å². The highest BCUT2D eigenvalue weighted by Gasteiger charge is 2.40. The molecule has 1 aromatic heterocycles. The maximum atomic E-state index is 12.5. The molecule has 22 heavy (non-hydrogen) atoms. The van der Waals surface area contributed by atoms with Gasteiger partial charge in [0.1, 0.15) is 5.69 Å². The second-order valence-corrected chi connectivity index (χ2v) is 7.16. The lowest BCUT2D eigenvalue weighted by Gasteiger charge is -2.26. The van der Waals surface area contributed by atoms with Crippen molar-refractivity contribution in [3.8, 4) is 0 Å². The highest BCUT2D eigenvalue weighted by molar-refractivity contribution is 5.92. The lowest BCUT2D eigenvalue weighted by molar-refractivity contribution is -0.123. The number of carbonyl (C=O) groups excluding carboxylic acids is 2. The van der Waals surface area contributed by atoms with Crippen LogP contribution in [0.1, 0.15) is 62.1 Å². The van der Waals surface area contributed by atoms with Gasteiger partial charge < -0.3 is 10.2 Å². The number of aromatic nitrogens is 2. The van der Waals surface area contributed by atoms with Crippen LogP contribution in [-0.4, -0.2) is 45.5 Å². The van der Waals surface area contributed by atoms with Crippen molar-refractivity contribution in [1.82, 2.24) is 20.4 Å². The number of likely N-dealkylation sites (tertiary alicyclic amines) is 1. The standard InChI is InChI=1S/C16H24N4O2/c1-10(2)12-8-13(19-18-12)15(22)20-7-6-16(3,9-20)17-14(21)11-4-5-11/h8,10-11H,4-7,9H2,1-3H3,(H,17,21)(H,18,19). The molecule has 1 aliphatic carbocycles. The number of aromatic amines is 1. The van der Waals surface area contributed by atoms with Crippen LogP contribution in [0.3, 0.4) is 0 Å². The Kier molecular flexibility index (Phi) is 3.70. The quantitative estimate of drug-likeness (QED) is 0.888. The number of H-pyrrole nitrogens is 1. The molecule has 1 unspecified atom stereocenters. The first-order valence-corrected chi connectivity index (χ1v) is 8.04. The van der Waals surface area contributed by atoms with Gasteiger partial charge in [0.15, 0.2) is 0 Å². The minimum absolute atomic E-state index is 0.0382. The van der Waals surface area contributed by atoms with Gasteiger partial charge in [-0.05, 0) is 38.2 Å². The number of hydrogen-bond donors (Lipinski definition) is 2. The summed E-state index contributed by atoms with van der Waals surface area (Å²) in [6.07, 6.45) is 2.79. The number of hydrogen-bond acceptors (Lipinski definition) is 3. The maximum absolute atomic E-state index is 12.5. The van der Waals surface area contributed by atoms with Gasteiger partial charge in [0, 0.05) is 19.0 Å². The van der Waals surface area contributed by atoms with Crippen molar-refractivity contribution in [2.75, 3.05) is 13.1 Å². The van der Waals surface area contributed by atoms with Crippen LogP contribution < -0.4 is 5.32 Å². The zero-order valence-corrected chi connectivity index (χ0v) is 13.5. The second kappa shape index (κ2) is 5.41. The Morgan fingerprint density at radius 3 is 2.77 bits per heavy atom. The summed E-state index contributed by atoms with van der Waals surface area (Å²) in [6.45, 7) is 7.33. The molecule has 120 valence electrons. The fraction of sp³-hybridized carbons (Fsp3) is 0.688. The van der Waals surface area contributed by atoms with E-state index in [2.05, 4.69) is 15.5 Å². The first-order valence-electron chi connectivity index (χ1n) is 8.04. The SMILES string of the molecule is CC(C)c1cc(C(=O)N2CCC(C)(NC(=O)C3CC3)C2)[nH]n1. The van der Waals surface area contributed by atoms with Gasteiger partial charge in [-0.1, -0.05) is 13.8 Å². The summed E-state index contributed by atoms with van der Waals surface area (Å²) >= 11 is 0. The van der Waals surface area contributed by atoms with Crippen LogP contribution in [0.4, 0.5) is 0 Å². The molecule has 6 nitrogen and oxygen atoms in total. The summed E-state index contributed by atoms with van der Waals surface area (Å²) in [5.41, 5.74) is 1.12. The van der Waals surface area contributed by atoms with Crippen molar-refractivity contribution in [3.05, 3.63) is 17.5 Å². The first-order chi connectivity index (χ1) is 10.4. The van der Waals surface area contributed by atoms with Gasteiger partial charge in [-0.15, -0.1) is 0 Å². The lowest BCUT2D eigenvalue weighted by Crippen LogP contribution is -2.49. The fourth-order valence-corrected chi connectivity index (χ4v) is 2.89. The summed E-state index contributed by atoms with van der Waals surface area (Å²) < 4.78 is 0. The Bertz CT molecular complexity index is 591. The van der Waals surface area contributed by atoms with Gasteiger partial charge in [-0.3, -0.25) is 14.7 Å². The molecule has 0 radical (unpaired) electrons. The summed E-state index contributed by atoms with van der Waals surface area (Å²) in [5.74, 6) is 0.589. The van der Waals surface area contributed by atoms with E-state index >= 15 is 0 Å².